The molecule has 1 saturated heterocycles. The zero-order chi connectivity index (χ0) is 24.1. The first-order chi connectivity index (χ1) is 16.4. The van der Waals surface area contributed by atoms with Crippen molar-refractivity contribution in [1.29, 1.82) is 5.26 Å². The van der Waals surface area contributed by atoms with E-state index in [1.165, 1.54) is 22.5 Å². The van der Waals surface area contributed by atoms with Crippen molar-refractivity contribution in [3.8, 4) is 11.8 Å². The van der Waals surface area contributed by atoms with E-state index in [0.717, 1.165) is 17.4 Å². The van der Waals surface area contributed by atoms with Gasteiger partial charge in [0, 0.05) is 32.3 Å². The lowest BCUT2D eigenvalue weighted by atomic mass is 10.2. The summed E-state index contributed by atoms with van der Waals surface area (Å²) in [7, 11) is -3.81. The molecule has 3 aromatic rings. The van der Waals surface area contributed by atoms with Crippen LogP contribution >= 0.6 is 0 Å². The zero-order valence-electron chi connectivity index (χ0n) is 18.5. The van der Waals surface area contributed by atoms with Gasteiger partial charge in [0.05, 0.1) is 11.5 Å². The van der Waals surface area contributed by atoms with Crippen LogP contribution in [0.25, 0.3) is 12.2 Å². The van der Waals surface area contributed by atoms with Crippen LogP contribution in [-0.4, -0.2) is 50.5 Å². The Labute approximate surface area is 197 Å². The Balaban J connectivity index is 1.45. The topological polar surface area (TPSA) is 99.7 Å². The lowest BCUT2D eigenvalue weighted by molar-refractivity contribution is 0.340. The molecule has 0 unspecified atom stereocenters. The molecule has 0 spiro atoms. The number of hydrogen-bond donors (Lipinski definition) is 0. The Morgan fingerprint density at radius 3 is 2.53 bits per heavy atom. The highest BCUT2D eigenvalue weighted by Gasteiger charge is 2.31. The number of hydrogen-bond acceptors (Lipinski definition) is 7. The molecule has 0 atom stereocenters. The quantitative estimate of drug-likeness (QED) is 0.505. The Bertz CT molecular complexity index is 1320. The zero-order valence-corrected chi connectivity index (χ0v) is 19.3. The molecule has 1 fully saturated rings. The number of rotatable bonds is 7. The lowest BCUT2D eigenvalue weighted by Crippen LogP contribution is -2.48. The van der Waals surface area contributed by atoms with Crippen molar-refractivity contribution in [2.75, 3.05) is 37.7 Å². The molecule has 4 rings (SSSR count). The highest BCUT2D eigenvalue weighted by Crippen LogP contribution is 2.26. The minimum absolute atomic E-state index is 0.0833. The van der Waals surface area contributed by atoms with Gasteiger partial charge in [-0.15, -0.1) is 0 Å². The SMILES string of the molecule is CCOc1ccc(/C=C/c2nc(C#N)c(N3CCN(S(=O)(=O)c4cccc(F)c4)CC3)o2)cc1. The van der Waals surface area contributed by atoms with Gasteiger partial charge in [0.1, 0.15) is 17.6 Å². The van der Waals surface area contributed by atoms with Gasteiger partial charge in [-0.3, -0.25) is 0 Å². The molecule has 0 N–H and O–H groups in total. The van der Waals surface area contributed by atoms with Gasteiger partial charge in [-0.25, -0.2) is 12.8 Å². The Morgan fingerprint density at radius 2 is 1.88 bits per heavy atom. The van der Waals surface area contributed by atoms with Crippen molar-refractivity contribution in [1.82, 2.24) is 9.29 Å². The van der Waals surface area contributed by atoms with E-state index in [1.54, 1.807) is 11.0 Å². The minimum atomic E-state index is -3.81. The van der Waals surface area contributed by atoms with Gasteiger partial charge in [-0.1, -0.05) is 18.2 Å². The number of anilines is 1. The van der Waals surface area contributed by atoms with Crippen LogP contribution in [0.15, 0.2) is 57.8 Å². The van der Waals surface area contributed by atoms with Crippen molar-refractivity contribution in [2.45, 2.75) is 11.8 Å². The maximum atomic E-state index is 13.5. The van der Waals surface area contributed by atoms with E-state index in [0.29, 0.717) is 25.6 Å². The Kier molecular flexibility index (Phi) is 6.95. The van der Waals surface area contributed by atoms with Crippen molar-refractivity contribution < 1.29 is 22.0 Å². The average molecular weight is 483 g/mol. The van der Waals surface area contributed by atoms with Crippen molar-refractivity contribution in [3.05, 3.63) is 71.5 Å². The number of oxazole rings is 1. The van der Waals surface area contributed by atoms with Gasteiger partial charge in [-0.2, -0.15) is 14.6 Å². The van der Waals surface area contributed by atoms with Crippen LogP contribution < -0.4 is 9.64 Å². The number of benzene rings is 2. The molecule has 8 nitrogen and oxygen atoms in total. The second-order valence-corrected chi connectivity index (χ2v) is 9.44. The fourth-order valence-corrected chi connectivity index (χ4v) is 5.06. The highest BCUT2D eigenvalue weighted by atomic mass is 32.2. The van der Waals surface area contributed by atoms with E-state index in [1.807, 2.05) is 43.3 Å². The summed E-state index contributed by atoms with van der Waals surface area (Å²) in [5.74, 6) is 0.751. The van der Waals surface area contributed by atoms with Gasteiger partial charge in [0.2, 0.25) is 27.5 Å². The molecule has 1 aliphatic heterocycles. The molecular formula is C24H23FN4O4S. The summed E-state index contributed by atoms with van der Waals surface area (Å²) in [5.41, 5.74) is 1.05. The Hall–Kier alpha value is -3.68. The lowest BCUT2D eigenvalue weighted by Gasteiger charge is -2.33. The van der Waals surface area contributed by atoms with E-state index in [-0.39, 0.29) is 29.6 Å². The first-order valence-corrected chi connectivity index (χ1v) is 12.2. The first-order valence-electron chi connectivity index (χ1n) is 10.7. The van der Waals surface area contributed by atoms with Crippen molar-refractivity contribution >= 4 is 28.1 Å². The van der Waals surface area contributed by atoms with Crippen LogP contribution in [0.2, 0.25) is 0 Å². The maximum Gasteiger partial charge on any atom is 0.243 e. The van der Waals surface area contributed by atoms with Gasteiger partial charge in [-0.05, 0) is 48.9 Å². The summed E-state index contributed by atoms with van der Waals surface area (Å²) >= 11 is 0. The second-order valence-electron chi connectivity index (χ2n) is 7.50. The molecule has 0 saturated carbocycles. The van der Waals surface area contributed by atoms with E-state index >= 15 is 0 Å². The molecule has 176 valence electrons. The first kappa shape index (κ1) is 23.5. The molecule has 2 aromatic carbocycles. The summed E-state index contributed by atoms with van der Waals surface area (Å²) in [4.78, 5) is 5.94. The molecule has 0 radical (unpaired) electrons. The third kappa shape index (κ3) is 5.11. The molecule has 34 heavy (non-hydrogen) atoms. The average Bonchev–Trinajstić information content (AvgIpc) is 3.27. The number of piperazine rings is 1. The van der Waals surface area contributed by atoms with Gasteiger partial charge >= 0.3 is 0 Å². The summed E-state index contributed by atoms with van der Waals surface area (Å²) in [6, 6.07) is 14.5. The fraction of sp³-hybridized carbons (Fsp3) is 0.250. The monoisotopic (exact) mass is 482 g/mol. The number of nitrogens with zero attached hydrogens (tertiary/aromatic N) is 4. The van der Waals surface area contributed by atoms with Crippen LogP contribution in [0.4, 0.5) is 10.3 Å². The smallest absolute Gasteiger partial charge is 0.243 e. The van der Waals surface area contributed by atoms with Crippen molar-refractivity contribution in [3.63, 3.8) is 0 Å². The summed E-state index contributed by atoms with van der Waals surface area (Å²) in [5, 5.41) is 9.51. The van der Waals surface area contributed by atoms with E-state index < -0.39 is 15.8 Å². The summed E-state index contributed by atoms with van der Waals surface area (Å²) < 4.78 is 51.7. The summed E-state index contributed by atoms with van der Waals surface area (Å²) in [6.07, 6.45) is 3.49. The van der Waals surface area contributed by atoms with Crippen LogP contribution in [-0.2, 0) is 10.0 Å². The summed E-state index contributed by atoms with van der Waals surface area (Å²) in [6.45, 7) is 3.46. The molecule has 0 amide bonds. The van der Waals surface area contributed by atoms with Gasteiger partial charge < -0.3 is 14.1 Å². The van der Waals surface area contributed by atoms with Crippen LogP contribution in [0.3, 0.4) is 0 Å². The molecule has 2 heterocycles. The largest absolute Gasteiger partial charge is 0.494 e. The maximum absolute atomic E-state index is 13.5. The van der Waals surface area contributed by atoms with Gasteiger partial charge in [0.15, 0.2) is 0 Å². The van der Waals surface area contributed by atoms with Crippen LogP contribution in [0.1, 0.15) is 24.1 Å². The van der Waals surface area contributed by atoms with Gasteiger partial charge in [0.25, 0.3) is 0 Å². The number of ether oxygens (including phenoxy) is 1. The molecule has 1 aliphatic rings. The fourth-order valence-electron chi connectivity index (χ4n) is 3.60. The predicted octanol–water partition coefficient (Wildman–Crippen LogP) is 3.77. The highest BCUT2D eigenvalue weighted by molar-refractivity contribution is 7.89. The molecule has 0 bridgehead atoms. The molecule has 10 heteroatoms. The Morgan fingerprint density at radius 1 is 1.15 bits per heavy atom. The third-order valence-electron chi connectivity index (χ3n) is 5.30. The van der Waals surface area contributed by atoms with E-state index in [9.17, 15) is 18.1 Å². The van der Waals surface area contributed by atoms with E-state index in [4.69, 9.17) is 9.15 Å². The van der Waals surface area contributed by atoms with Crippen LogP contribution in [0.5, 0.6) is 5.75 Å². The van der Waals surface area contributed by atoms with Crippen LogP contribution in [0, 0.1) is 17.1 Å². The number of halogens is 1. The number of aromatic nitrogens is 1. The predicted molar refractivity (Wildman–Crippen MR) is 125 cm³/mol. The third-order valence-corrected chi connectivity index (χ3v) is 7.20. The standard InChI is InChI=1S/C24H23FN4O4S/c1-2-32-20-9-6-18(7-10-20)8-11-23-27-22(17-26)24(33-23)28-12-14-29(15-13-28)34(30,31)21-5-3-4-19(25)16-21/h3-11,16H,2,12-15H2,1H3/b11-8+. The van der Waals surface area contributed by atoms with Crippen molar-refractivity contribution in [2.24, 2.45) is 0 Å². The molecule has 0 aliphatic carbocycles. The normalized spacial score (nSPS) is 14.9. The molecule has 1 aromatic heterocycles. The second kappa shape index (κ2) is 10.1. The molecular weight excluding hydrogens is 459 g/mol. The number of sulfonamides is 1. The number of nitriles is 1. The van der Waals surface area contributed by atoms with E-state index in [2.05, 4.69) is 4.98 Å². The minimum Gasteiger partial charge on any atom is -0.494 e.